The molecule has 1 rings (SSSR count). The van der Waals surface area contributed by atoms with E-state index in [1.165, 1.54) is 11.5 Å². The maximum absolute atomic E-state index is 10.0. The van der Waals surface area contributed by atoms with E-state index in [-0.39, 0.29) is 5.60 Å². The van der Waals surface area contributed by atoms with Crippen molar-refractivity contribution in [2.24, 2.45) is 0 Å². The van der Waals surface area contributed by atoms with Crippen LogP contribution in [-0.4, -0.2) is 41.5 Å². The summed E-state index contributed by atoms with van der Waals surface area (Å²) >= 11 is 0. The monoisotopic (exact) mass is 247 g/mol. The summed E-state index contributed by atoms with van der Waals surface area (Å²) < 4.78 is 4.55. The third-order valence-electron chi connectivity index (χ3n) is 1.92. The Bertz CT molecular complexity index is 231. The fourth-order valence-electron chi connectivity index (χ4n) is 1.21. The smallest absolute Gasteiger partial charge is 0.462 e. The molecule has 100 valence electrons. The maximum Gasteiger partial charge on any atom is 0.525 e. The molecule has 6 nitrogen and oxygen atoms in total. The highest BCUT2D eigenvalue weighted by atomic mass is 16.8. The van der Waals surface area contributed by atoms with E-state index < -0.39 is 6.16 Å². The van der Waals surface area contributed by atoms with E-state index >= 15 is 0 Å². The van der Waals surface area contributed by atoms with Gasteiger partial charge in [-0.05, 0) is 33.6 Å². The maximum atomic E-state index is 10.0. The van der Waals surface area contributed by atoms with Crippen LogP contribution in [0.4, 0.5) is 4.79 Å². The largest absolute Gasteiger partial charge is 0.525 e. The minimum absolute atomic E-state index is 0.318. The highest BCUT2D eigenvalue weighted by molar-refractivity contribution is 5.56. The highest BCUT2D eigenvalue weighted by Gasteiger charge is 2.13. The number of ether oxygens (including phenoxy) is 1. The summed E-state index contributed by atoms with van der Waals surface area (Å²) in [7, 11) is 0. The molecule has 0 spiro atoms. The molecule has 1 saturated heterocycles. The van der Waals surface area contributed by atoms with E-state index in [1.807, 2.05) is 20.8 Å². The van der Waals surface area contributed by atoms with Crippen LogP contribution in [0.3, 0.4) is 0 Å². The van der Waals surface area contributed by atoms with Crippen molar-refractivity contribution in [2.45, 2.75) is 45.6 Å². The molecule has 17 heavy (non-hydrogen) atoms. The summed E-state index contributed by atoms with van der Waals surface area (Å²) in [5.74, 6) is 0. The number of rotatable bonds is 2. The Balaban J connectivity index is 0.000000325. The number of hydrogen-bond donors (Lipinski definition) is 1. The van der Waals surface area contributed by atoms with Crippen molar-refractivity contribution in [3.8, 4) is 0 Å². The lowest BCUT2D eigenvalue weighted by Crippen LogP contribution is -2.31. The third-order valence-corrected chi connectivity index (χ3v) is 1.92. The lowest BCUT2D eigenvalue weighted by atomic mass is 10.2. The van der Waals surface area contributed by atoms with E-state index in [0.717, 1.165) is 25.9 Å². The van der Waals surface area contributed by atoms with Crippen molar-refractivity contribution in [3.05, 3.63) is 0 Å². The minimum Gasteiger partial charge on any atom is -0.462 e. The van der Waals surface area contributed by atoms with Crippen LogP contribution in [-0.2, 0) is 14.4 Å². The average Bonchev–Trinajstić information content (AvgIpc) is 2.17. The molecule has 1 aliphatic rings. The van der Waals surface area contributed by atoms with Gasteiger partial charge in [-0.25, -0.2) is 4.79 Å². The van der Waals surface area contributed by atoms with Gasteiger partial charge in [-0.1, -0.05) is 6.42 Å². The molecule has 0 amide bonds. The molecule has 0 saturated carbocycles. The Morgan fingerprint density at radius 3 is 2.06 bits per heavy atom. The van der Waals surface area contributed by atoms with Crippen LogP contribution in [0.5, 0.6) is 0 Å². The van der Waals surface area contributed by atoms with E-state index in [2.05, 4.69) is 9.57 Å². The Hall–Kier alpha value is -1.30. The van der Waals surface area contributed by atoms with Gasteiger partial charge in [-0.15, -0.1) is 5.06 Å². The molecule has 1 fully saturated rings. The zero-order chi connectivity index (χ0) is 13.3. The lowest BCUT2D eigenvalue weighted by molar-refractivity contribution is -0.138. The van der Waals surface area contributed by atoms with Crippen LogP contribution in [0.25, 0.3) is 0 Å². The first-order valence-corrected chi connectivity index (χ1v) is 5.62. The van der Waals surface area contributed by atoms with Gasteiger partial charge in [-0.2, -0.15) is 0 Å². The second-order valence-electron chi connectivity index (χ2n) is 4.67. The van der Waals surface area contributed by atoms with Gasteiger partial charge in [0.2, 0.25) is 0 Å². The summed E-state index contributed by atoms with van der Waals surface area (Å²) in [6.07, 6.45) is 2.04. The third kappa shape index (κ3) is 11.0. The number of hydrogen-bond acceptors (Lipinski definition) is 5. The predicted molar refractivity (Wildman–Crippen MR) is 61.4 cm³/mol. The number of carbonyl (C=O) groups is 2. The zero-order valence-corrected chi connectivity index (χ0v) is 10.6. The van der Waals surface area contributed by atoms with Crippen molar-refractivity contribution in [1.29, 1.82) is 0 Å². The van der Waals surface area contributed by atoms with Crippen LogP contribution < -0.4 is 0 Å². The van der Waals surface area contributed by atoms with Crippen LogP contribution >= 0.6 is 0 Å². The van der Waals surface area contributed by atoms with Crippen molar-refractivity contribution in [1.82, 2.24) is 5.06 Å². The van der Waals surface area contributed by atoms with Crippen molar-refractivity contribution < 1.29 is 24.3 Å². The molecule has 0 radical (unpaired) electrons. The number of piperidine rings is 1. The van der Waals surface area contributed by atoms with Gasteiger partial charge in [0.1, 0.15) is 5.60 Å². The second-order valence-corrected chi connectivity index (χ2v) is 4.67. The van der Waals surface area contributed by atoms with Crippen molar-refractivity contribution >= 4 is 12.6 Å². The standard InChI is InChI=1S/C6H11NO3.C5H10O2/c8-6(9)10-7-4-2-1-3-5-7;1-5(2,3)7-4-6/h1-5H2,(H,8,9);4H,1-3H3. The molecular weight excluding hydrogens is 226 g/mol. The highest BCUT2D eigenvalue weighted by Crippen LogP contribution is 2.08. The van der Waals surface area contributed by atoms with E-state index in [4.69, 9.17) is 5.11 Å². The second kappa shape index (κ2) is 7.89. The summed E-state index contributed by atoms with van der Waals surface area (Å²) in [6, 6.07) is 0. The fraction of sp³-hybridized carbons (Fsp3) is 0.818. The fourth-order valence-corrected chi connectivity index (χ4v) is 1.21. The summed E-state index contributed by atoms with van der Waals surface area (Å²) in [6.45, 7) is 7.41. The number of nitrogens with zero attached hydrogens (tertiary/aromatic N) is 1. The van der Waals surface area contributed by atoms with Gasteiger partial charge < -0.3 is 14.7 Å². The van der Waals surface area contributed by atoms with Gasteiger partial charge in [0.25, 0.3) is 6.47 Å². The van der Waals surface area contributed by atoms with E-state index in [0.29, 0.717) is 6.47 Å². The molecule has 0 aromatic rings. The average molecular weight is 247 g/mol. The quantitative estimate of drug-likeness (QED) is 0.752. The normalized spacial score (nSPS) is 16.4. The van der Waals surface area contributed by atoms with Crippen molar-refractivity contribution in [3.63, 3.8) is 0 Å². The Kier molecular flexibility index (Phi) is 7.29. The van der Waals surface area contributed by atoms with Crippen LogP contribution in [0, 0.1) is 0 Å². The molecule has 0 aromatic carbocycles. The molecule has 6 heteroatoms. The van der Waals surface area contributed by atoms with Gasteiger partial charge in [0.05, 0.1) is 0 Å². The van der Waals surface area contributed by atoms with Gasteiger partial charge in [-0.3, -0.25) is 4.79 Å². The van der Waals surface area contributed by atoms with Crippen LogP contribution in [0.2, 0.25) is 0 Å². The van der Waals surface area contributed by atoms with Crippen LogP contribution in [0.1, 0.15) is 40.0 Å². The molecule has 1 aliphatic heterocycles. The Labute approximate surface area is 101 Å². The predicted octanol–water partition coefficient (Wildman–Crippen LogP) is 2.04. The molecule has 1 heterocycles. The summed E-state index contributed by atoms with van der Waals surface area (Å²) in [5, 5.41) is 9.69. The molecular formula is C11H21NO5. The Morgan fingerprint density at radius 1 is 1.24 bits per heavy atom. The summed E-state index contributed by atoms with van der Waals surface area (Å²) in [4.78, 5) is 24.0. The molecule has 0 atom stereocenters. The van der Waals surface area contributed by atoms with E-state index in [9.17, 15) is 9.59 Å². The first-order chi connectivity index (χ1) is 7.85. The van der Waals surface area contributed by atoms with Gasteiger partial charge in [0, 0.05) is 13.1 Å². The summed E-state index contributed by atoms with van der Waals surface area (Å²) in [5.41, 5.74) is -0.318. The van der Waals surface area contributed by atoms with Gasteiger partial charge in [0.15, 0.2) is 0 Å². The number of hydroxylamine groups is 2. The van der Waals surface area contributed by atoms with Crippen LogP contribution in [0.15, 0.2) is 0 Å². The van der Waals surface area contributed by atoms with Gasteiger partial charge >= 0.3 is 6.16 Å². The minimum atomic E-state index is -1.21. The lowest BCUT2D eigenvalue weighted by Gasteiger charge is -2.22. The van der Waals surface area contributed by atoms with E-state index in [1.54, 1.807) is 0 Å². The topological polar surface area (TPSA) is 76.1 Å². The first kappa shape index (κ1) is 15.7. The molecule has 0 bridgehead atoms. The van der Waals surface area contributed by atoms with Crippen molar-refractivity contribution in [2.75, 3.05) is 13.1 Å². The number of carbonyl (C=O) groups excluding carboxylic acids is 1. The molecule has 1 N–H and O–H groups in total. The first-order valence-electron chi connectivity index (χ1n) is 5.62. The Morgan fingerprint density at radius 2 is 1.76 bits per heavy atom. The zero-order valence-electron chi connectivity index (χ0n) is 10.6. The molecule has 0 unspecified atom stereocenters. The SMILES string of the molecule is CC(C)(C)OC=O.O=C(O)ON1CCCCC1. The molecule has 0 aromatic heterocycles. The molecule has 0 aliphatic carbocycles. The number of carboxylic acid groups (broad SMARTS) is 1.